The molecule has 8 unspecified atom stereocenters. The molecule has 5 nitrogen and oxygen atoms in total. The number of hydrogen-bond acceptors (Lipinski definition) is 5. The first-order valence-corrected chi connectivity index (χ1v) is 11.5. The first-order chi connectivity index (χ1) is 13.5. The summed E-state index contributed by atoms with van der Waals surface area (Å²) in [5.74, 6) is 0.777. The lowest BCUT2D eigenvalue weighted by molar-refractivity contribution is -0.175. The van der Waals surface area contributed by atoms with Crippen molar-refractivity contribution in [2.24, 2.45) is 34.5 Å². The van der Waals surface area contributed by atoms with Gasteiger partial charge in [-0.1, -0.05) is 13.8 Å². The van der Waals surface area contributed by atoms with Gasteiger partial charge in [-0.25, -0.2) is 0 Å². The summed E-state index contributed by atoms with van der Waals surface area (Å²) in [7, 11) is 0. The molecule has 0 saturated heterocycles. The molecule has 0 aromatic rings. The maximum Gasteiger partial charge on any atom is 0.303 e. The third-order valence-electron chi connectivity index (χ3n) is 9.53. The van der Waals surface area contributed by atoms with Crippen LogP contribution in [0.4, 0.5) is 0 Å². The minimum absolute atomic E-state index is 0.0625. The third kappa shape index (κ3) is 2.94. The fraction of sp³-hybridized carbons (Fsp3) is 0.870. The number of aliphatic hydroxyl groups is 1. The first-order valence-electron chi connectivity index (χ1n) is 11.1. The summed E-state index contributed by atoms with van der Waals surface area (Å²) in [6.45, 7) is 5.32. The molecule has 0 aromatic heterocycles. The zero-order valence-corrected chi connectivity index (χ0v) is 18.5. The zero-order chi connectivity index (χ0) is 21.2. The Morgan fingerprint density at radius 3 is 2.45 bits per heavy atom. The topological polar surface area (TPSA) is 80.7 Å². The molecule has 0 amide bonds. The lowest BCUT2D eigenvalue weighted by atomic mass is 9.44. The van der Waals surface area contributed by atoms with Crippen LogP contribution in [-0.2, 0) is 19.1 Å². The van der Waals surface area contributed by atoms with E-state index in [1.807, 2.05) is 0 Å². The van der Waals surface area contributed by atoms with Crippen molar-refractivity contribution in [2.75, 3.05) is 6.61 Å². The number of halogens is 1. The normalized spacial score (nSPS) is 49.0. The summed E-state index contributed by atoms with van der Waals surface area (Å²) in [4.78, 5) is 36.2. The Bertz CT molecular complexity index is 737. The summed E-state index contributed by atoms with van der Waals surface area (Å²) in [5.41, 5.74) is -1.85. The van der Waals surface area contributed by atoms with Gasteiger partial charge in [0, 0.05) is 18.8 Å². The molecular weight excluding hydrogens is 392 g/mol. The molecule has 0 spiro atoms. The maximum atomic E-state index is 12.9. The molecule has 4 aliphatic carbocycles. The summed E-state index contributed by atoms with van der Waals surface area (Å²) in [5, 5.41) is 11.1. The van der Waals surface area contributed by atoms with E-state index >= 15 is 0 Å². The number of ether oxygens (including phenoxy) is 1. The standard InChI is InChI=1S/C23H33ClO5/c1-13(25)29-12-19(27)23(28)11-7-16-14-4-5-17-20(24)18(26)8-9-21(17,2)15(14)6-10-22(16,23)3/h14-17,20,28H,4-12H2,1-3H3. The molecule has 4 rings (SSSR count). The van der Waals surface area contributed by atoms with Crippen molar-refractivity contribution in [1.82, 2.24) is 0 Å². The quantitative estimate of drug-likeness (QED) is 0.552. The van der Waals surface area contributed by atoms with Crippen LogP contribution in [-0.4, -0.2) is 40.2 Å². The number of carbonyl (C=O) groups is 3. The average molecular weight is 425 g/mol. The fourth-order valence-corrected chi connectivity index (χ4v) is 8.38. The van der Waals surface area contributed by atoms with Crippen LogP contribution in [0.15, 0.2) is 0 Å². The van der Waals surface area contributed by atoms with Gasteiger partial charge in [-0.05, 0) is 74.0 Å². The Morgan fingerprint density at radius 2 is 1.76 bits per heavy atom. The number of alkyl halides is 1. The second-order valence-corrected chi connectivity index (χ2v) is 11.0. The molecule has 162 valence electrons. The minimum atomic E-state index is -1.42. The van der Waals surface area contributed by atoms with Gasteiger partial charge in [0.1, 0.15) is 5.60 Å². The molecule has 4 aliphatic rings. The Morgan fingerprint density at radius 1 is 1.07 bits per heavy atom. The number of fused-ring (bicyclic) bond motifs is 5. The predicted octanol–water partition coefficient (Wildman–Crippen LogP) is 3.68. The van der Waals surface area contributed by atoms with Gasteiger partial charge in [-0.15, -0.1) is 11.6 Å². The third-order valence-corrected chi connectivity index (χ3v) is 10.1. The maximum absolute atomic E-state index is 12.9. The number of ketones is 2. The number of carbonyl (C=O) groups excluding carboxylic acids is 3. The van der Waals surface area contributed by atoms with Crippen LogP contribution in [0.5, 0.6) is 0 Å². The Hall–Kier alpha value is -0.940. The number of hydrogen-bond donors (Lipinski definition) is 1. The van der Waals surface area contributed by atoms with Gasteiger partial charge in [0.05, 0.1) is 5.38 Å². The van der Waals surface area contributed by atoms with Crippen molar-refractivity contribution in [3.8, 4) is 0 Å². The largest absolute Gasteiger partial charge is 0.458 e. The monoisotopic (exact) mass is 424 g/mol. The van der Waals surface area contributed by atoms with Crippen LogP contribution in [0.1, 0.15) is 72.1 Å². The molecule has 1 N–H and O–H groups in total. The van der Waals surface area contributed by atoms with Gasteiger partial charge >= 0.3 is 5.97 Å². The van der Waals surface area contributed by atoms with Gasteiger partial charge in [-0.2, -0.15) is 0 Å². The van der Waals surface area contributed by atoms with Crippen molar-refractivity contribution in [3.63, 3.8) is 0 Å². The Labute approximate surface area is 177 Å². The van der Waals surface area contributed by atoms with E-state index in [9.17, 15) is 19.5 Å². The number of Topliss-reactive ketones (excluding diaryl/α,β-unsaturated/α-hetero) is 2. The van der Waals surface area contributed by atoms with Gasteiger partial charge in [-0.3, -0.25) is 14.4 Å². The molecule has 0 radical (unpaired) electrons. The highest BCUT2D eigenvalue weighted by atomic mass is 35.5. The van der Waals surface area contributed by atoms with Crippen molar-refractivity contribution in [1.29, 1.82) is 0 Å². The smallest absolute Gasteiger partial charge is 0.303 e. The summed E-state index contributed by atoms with van der Waals surface area (Å²) in [6.07, 6.45) is 6.42. The van der Waals surface area contributed by atoms with Gasteiger partial charge < -0.3 is 9.84 Å². The molecule has 0 aliphatic heterocycles. The van der Waals surface area contributed by atoms with E-state index < -0.39 is 17.0 Å². The average Bonchev–Trinajstić information content (AvgIpc) is 2.95. The second kappa shape index (κ2) is 7.05. The molecule has 8 atom stereocenters. The van der Waals surface area contributed by atoms with Crippen LogP contribution in [0.3, 0.4) is 0 Å². The molecule has 6 heteroatoms. The molecule has 4 fully saturated rings. The van der Waals surface area contributed by atoms with Crippen LogP contribution in [0, 0.1) is 34.5 Å². The molecule has 29 heavy (non-hydrogen) atoms. The minimum Gasteiger partial charge on any atom is -0.458 e. The highest BCUT2D eigenvalue weighted by Gasteiger charge is 2.67. The van der Waals surface area contributed by atoms with Crippen molar-refractivity contribution >= 4 is 29.1 Å². The van der Waals surface area contributed by atoms with Gasteiger partial charge in [0.2, 0.25) is 5.78 Å². The van der Waals surface area contributed by atoms with E-state index in [0.717, 1.165) is 38.5 Å². The Kier molecular flexibility index (Phi) is 5.18. The van der Waals surface area contributed by atoms with Crippen molar-refractivity contribution in [2.45, 2.75) is 83.1 Å². The van der Waals surface area contributed by atoms with E-state index in [1.165, 1.54) is 6.92 Å². The highest BCUT2D eigenvalue weighted by molar-refractivity contribution is 6.31. The van der Waals surface area contributed by atoms with Gasteiger partial charge in [0.25, 0.3) is 0 Å². The second-order valence-electron chi connectivity index (χ2n) is 10.5. The SMILES string of the molecule is CC(=O)OCC(=O)C1(O)CCC2C3CCC4C(Cl)C(=O)CCC4(C)C3CCC21C. The van der Waals surface area contributed by atoms with Gasteiger partial charge in [0.15, 0.2) is 12.4 Å². The summed E-state index contributed by atoms with van der Waals surface area (Å²) in [6, 6.07) is 0. The molecule has 0 aromatic carbocycles. The predicted molar refractivity (Wildman–Crippen MR) is 108 cm³/mol. The lowest BCUT2D eigenvalue weighted by Gasteiger charge is -2.61. The van der Waals surface area contributed by atoms with Crippen LogP contribution in [0.25, 0.3) is 0 Å². The van der Waals surface area contributed by atoms with E-state index in [2.05, 4.69) is 13.8 Å². The van der Waals surface area contributed by atoms with Crippen LogP contribution in [0.2, 0.25) is 0 Å². The fourth-order valence-electron chi connectivity index (χ4n) is 7.85. The van der Waals surface area contributed by atoms with E-state index in [1.54, 1.807) is 0 Å². The number of esters is 1. The lowest BCUT2D eigenvalue weighted by Crippen LogP contribution is -2.60. The zero-order valence-electron chi connectivity index (χ0n) is 17.7. The van der Waals surface area contributed by atoms with Crippen molar-refractivity contribution in [3.05, 3.63) is 0 Å². The molecular formula is C23H33ClO5. The number of rotatable bonds is 3. The molecule has 0 bridgehead atoms. The van der Waals surface area contributed by atoms with E-state index in [0.29, 0.717) is 24.7 Å². The summed E-state index contributed by atoms with van der Waals surface area (Å²) < 4.78 is 4.93. The molecule has 0 heterocycles. The first kappa shape index (κ1) is 21.3. The van der Waals surface area contributed by atoms with Crippen LogP contribution < -0.4 is 0 Å². The van der Waals surface area contributed by atoms with Crippen molar-refractivity contribution < 1.29 is 24.2 Å². The van der Waals surface area contributed by atoms with E-state index in [-0.39, 0.29) is 40.8 Å². The van der Waals surface area contributed by atoms with E-state index in [4.69, 9.17) is 16.3 Å². The molecule has 4 saturated carbocycles. The summed E-state index contributed by atoms with van der Waals surface area (Å²) >= 11 is 6.57. The van der Waals surface area contributed by atoms with Crippen LogP contribution >= 0.6 is 11.6 Å². The highest BCUT2D eigenvalue weighted by Crippen LogP contribution is 2.68. The Balaban J connectivity index is 1.59.